The maximum absolute atomic E-state index is 9.57. The summed E-state index contributed by atoms with van der Waals surface area (Å²) in [6.07, 6.45) is 3.61. The second-order valence-electron chi connectivity index (χ2n) is 4.15. The molecule has 0 fully saturated rings. The number of rotatable bonds is 6. The molecule has 0 aromatic carbocycles. The van der Waals surface area contributed by atoms with Gasteiger partial charge in [0.25, 0.3) is 0 Å². The third kappa shape index (κ3) is 4.01. The van der Waals surface area contributed by atoms with Gasteiger partial charge in [0.1, 0.15) is 0 Å². The number of hydrogen-bond acceptors (Lipinski definition) is 3. The normalized spacial score (nSPS) is 13.4. The fraction of sp³-hybridized carbons (Fsp3) is 0.727. The Morgan fingerprint density at radius 1 is 1.53 bits per heavy atom. The first-order valence-corrected chi connectivity index (χ1v) is 5.53. The summed E-state index contributed by atoms with van der Waals surface area (Å²) >= 11 is 0. The zero-order valence-corrected chi connectivity index (χ0v) is 9.77. The largest absolute Gasteiger partial charge is 0.392 e. The molecule has 0 spiro atoms. The summed E-state index contributed by atoms with van der Waals surface area (Å²) in [5.41, 5.74) is 1.16. The number of nitrogens with one attached hydrogen (secondary N) is 1. The molecule has 1 aromatic heterocycles. The maximum atomic E-state index is 9.57. The molecule has 1 unspecified atom stereocenters. The Bertz CT molecular complexity index is 283. The van der Waals surface area contributed by atoms with Gasteiger partial charge in [-0.25, -0.2) is 0 Å². The van der Waals surface area contributed by atoms with Gasteiger partial charge in [-0.1, -0.05) is 13.8 Å². The summed E-state index contributed by atoms with van der Waals surface area (Å²) < 4.78 is 1.90. The highest BCUT2D eigenvalue weighted by atomic mass is 16.3. The SMILES string of the molecule is CCn1cc(CNCC(O)C(C)C)cn1. The first kappa shape index (κ1) is 12.2. The van der Waals surface area contributed by atoms with Crippen molar-refractivity contribution in [2.24, 2.45) is 5.92 Å². The predicted molar refractivity (Wildman–Crippen MR) is 60.5 cm³/mol. The smallest absolute Gasteiger partial charge is 0.0687 e. The van der Waals surface area contributed by atoms with Crippen molar-refractivity contribution in [2.75, 3.05) is 6.54 Å². The fourth-order valence-corrected chi connectivity index (χ4v) is 1.27. The van der Waals surface area contributed by atoms with Crippen LogP contribution in [0.1, 0.15) is 26.3 Å². The van der Waals surface area contributed by atoms with Gasteiger partial charge in [-0.05, 0) is 12.8 Å². The molecule has 15 heavy (non-hydrogen) atoms. The number of aromatic nitrogens is 2. The quantitative estimate of drug-likeness (QED) is 0.738. The lowest BCUT2D eigenvalue weighted by atomic mass is 10.1. The average molecular weight is 211 g/mol. The first-order valence-electron chi connectivity index (χ1n) is 5.53. The highest BCUT2D eigenvalue weighted by molar-refractivity contribution is 5.03. The molecule has 0 saturated carbocycles. The van der Waals surface area contributed by atoms with Crippen molar-refractivity contribution >= 4 is 0 Å². The summed E-state index contributed by atoms with van der Waals surface area (Å²) in [6.45, 7) is 8.39. The zero-order valence-electron chi connectivity index (χ0n) is 9.77. The average Bonchev–Trinajstić information content (AvgIpc) is 2.65. The zero-order chi connectivity index (χ0) is 11.3. The minimum atomic E-state index is -0.272. The molecule has 1 atom stereocenters. The monoisotopic (exact) mass is 211 g/mol. The third-order valence-electron chi connectivity index (χ3n) is 2.46. The van der Waals surface area contributed by atoms with Crippen molar-refractivity contribution in [3.8, 4) is 0 Å². The molecule has 1 heterocycles. The maximum Gasteiger partial charge on any atom is 0.0687 e. The number of aliphatic hydroxyl groups excluding tert-OH is 1. The van der Waals surface area contributed by atoms with Crippen molar-refractivity contribution in [3.05, 3.63) is 18.0 Å². The van der Waals surface area contributed by atoms with E-state index in [-0.39, 0.29) is 6.10 Å². The van der Waals surface area contributed by atoms with Gasteiger partial charge in [-0.3, -0.25) is 4.68 Å². The lowest BCUT2D eigenvalue weighted by Gasteiger charge is -2.14. The molecule has 0 bridgehead atoms. The van der Waals surface area contributed by atoms with E-state index in [2.05, 4.69) is 17.3 Å². The highest BCUT2D eigenvalue weighted by Crippen LogP contribution is 2.00. The van der Waals surface area contributed by atoms with Crippen LogP contribution in [-0.2, 0) is 13.1 Å². The standard InChI is InChI=1S/C11H21N3O/c1-4-14-8-10(6-13-14)5-12-7-11(15)9(2)3/h6,8-9,11-12,15H,4-5,7H2,1-3H3. The molecule has 0 aliphatic heterocycles. The van der Waals surface area contributed by atoms with E-state index in [0.717, 1.165) is 18.7 Å². The molecular weight excluding hydrogens is 190 g/mol. The van der Waals surface area contributed by atoms with Crippen LogP contribution in [0.3, 0.4) is 0 Å². The Hall–Kier alpha value is -0.870. The van der Waals surface area contributed by atoms with Crippen LogP contribution < -0.4 is 5.32 Å². The molecule has 0 radical (unpaired) electrons. The molecular formula is C11H21N3O. The summed E-state index contributed by atoms with van der Waals surface area (Å²) in [5, 5.41) is 17.0. The number of aliphatic hydroxyl groups is 1. The second kappa shape index (κ2) is 5.88. The van der Waals surface area contributed by atoms with Crippen molar-refractivity contribution in [1.82, 2.24) is 15.1 Å². The summed E-state index contributed by atoms with van der Waals surface area (Å²) in [4.78, 5) is 0. The van der Waals surface area contributed by atoms with Crippen LogP contribution in [-0.4, -0.2) is 27.5 Å². The Kier molecular flexibility index (Phi) is 4.78. The topological polar surface area (TPSA) is 50.1 Å². The molecule has 4 nitrogen and oxygen atoms in total. The van der Waals surface area contributed by atoms with E-state index in [9.17, 15) is 5.11 Å². The molecule has 86 valence electrons. The van der Waals surface area contributed by atoms with Crippen molar-refractivity contribution in [1.29, 1.82) is 0 Å². The number of aryl methyl sites for hydroxylation is 1. The Labute approximate surface area is 91.3 Å². The third-order valence-corrected chi connectivity index (χ3v) is 2.46. The van der Waals surface area contributed by atoms with Gasteiger partial charge in [-0.15, -0.1) is 0 Å². The Morgan fingerprint density at radius 3 is 2.80 bits per heavy atom. The van der Waals surface area contributed by atoms with E-state index < -0.39 is 0 Å². The molecule has 0 amide bonds. The molecule has 4 heteroatoms. The van der Waals surface area contributed by atoms with E-state index in [1.807, 2.05) is 30.9 Å². The summed E-state index contributed by atoms with van der Waals surface area (Å²) in [7, 11) is 0. The minimum Gasteiger partial charge on any atom is -0.392 e. The predicted octanol–water partition coefficient (Wildman–Crippen LogP) is 1.01. The summed E-state index contributed by atoms with van der Waals surface area (Å²) in [6, 6.07) is 0. The van der Waals surface area contributed by atoms with Crippen LogP contribution in [0.4, 0.5) is 0 Å². The molecule has 0 saturated heterocycles. The van der Waals surface area contributed by atoms with Gasteiger partial charge in [0.05, 0.1) is 12.3 Å². The van der Waals surface area contributed by atoms with Crippen LogP contribution in [0, 0.1) is 5.92 Å². The van der Waals surface area contributed by atoms with E-state index >= 15 is 0 Å². The fourth-order valence-electron chi connectivity index (χ4n) is 1.27. The van der Waals surface area contributed by atoms with Crippen LogP contribution in [0.5, 0.6) is 0 Å². The van der Waals surface area contributed by atoms with Gasteiger partial charge < -0.3 is 10.4 Å². The van der Waals surface area contributed by atoms with Crippen molar-refractivity contribution in [2.45, 2.75) is 40.0 Å². The van der Waals surface area contributed by atoms with Gasteiger partial charge >= 0.3 is 0 Å². The van der Waals surface area contributed by atoms with Crippen molar-refractivity contribution in [3.63, 3.8) is 0 Å². The lowest BCUT2D eigenvalue weighted by Crippen LogP contribution is -2.30. The van der Waals surface area contributed by atoms with Crippen LogP contribution in [0.25, 0.3) is 0 Å². The Balaban J connectivity index is 2.25. The Morgan fingerprint density at radius 2 is 2.27 bits per heavy atom. The van der Waals surface area contributed by atoms with Crippen molar-refractivity contribution < 1.29 is 5.11 Å². The van der Waals surface area contributed by atoms with Crippen LogP contribution in [0.15, 0.2) is 12.4 Å². The number of hydrogen-bond donors (Lipinski definition) is 2. The van der Waals surface area contributed by atoms with E-state index in [1.165, 1.54) is 0 Å². The molecule has 1 rings (SSSR count). The second-order valence-corrected chi connectivity index (χ2v) is 4.15. The van der Waals surface area contributed by atoms with E-state index in [4.69, 9.17) is 0 Å². The van der Waals surface area contributed by atoms with Gasteiger partial charge in [0.15, 0.2) is 0 Å². The van der Waals surface area contributed by atoms with Crippen LogP contribution in [0.2, 0.25) is 0 Å². The summed E-state index contributed by atoms with van der Waals surface area (Å²) in [5.74, 6) is 0.302. The van der Waals surface area contributed by atoms with Gasteiger partial charge in [0.2, 0.25) is 0 Å². The molecule has 2 N–H and O–H groups in total. The van der Waals surface area contributed by atoms with E-state index in [1.54, 1.807) is 0 Å². The molecule has 0 aliphatic rings. The van der Waals surface area contributed by atoms with Gasteiger partial charge in [0, 0.05) is 31.4 Å². The number of nitrogens with zero attached hydrogens (tertiary/aromatic N) is 2. The highest BCUT2D eigenvalue weighted by Gasteiger charge is 2.07. The van der Waals surface area contributed by atoms with Crippen LogP contribution >= 0.6 is 0 Å². The molecule has 1 aromatic rings. The van der Waals surface area contributed by atoms with Gasteiger partial charge in [-0.2, -0.15) is 5.10 Å². The molecule has 0 aliphatic carbocycles. The minimum absolute atomic E-state index is 0.272. The lowest BCUT2D eigenvalue weighted by molar-refractivity contribution is 0.123. The van der Waals surface area contributed by atoms with E-state index in [0.29, 0.717) is 12.5 Å². The first-order chi connectivity index (χ1) is 7.13.